The van der Waals surface area contributed by atoms with Crippen LogP contribution in [0.25, 0.3) is 0 Å². The molecule has 0 saturated heterocycles. The molecule has 1 aliphatic rings. The van der Waals surface area contributed by atoms with Crippen LogP contribution in [0.3, 0.4) is 0 Å². The number of carbonyl (C=O) groups is 1. The largest absolute Gasteiger partial charge is 0.299 e. The van der Waals surface area contributed by atoms with Gasteiger partial charge in [-0.05, 0) is 17.3 Å². The molecule has 0 aromatic rings. The van der Waals surface area contributed by atoms with Crippen molar-refractivity contribution in [3.8, 4) is 0 Å². The Labute approximate surface area is 75.5 Å². The van der Waals surface area contributed by atoms with Crippen molar-refractivity contribution in [2.24, 2.45) is 23.2 Å². The zero-order valence-electron chi connectivity index (χ0n) is 8.85. The van der Waals surface area contributed by atoms with Gasteiger partial charge in [0.05, 0.1) is 0 Å². The summed E-state index contributed by atoms with van der Waals surface area (Å²) >= 11 is 0. The molecule has 0 aromatic heterocycles. The molecule has 1 rings (SSSR count). The molecule has 1 nitrogen and oxygen atoms in total. The molecular formula is C11H20O. The first-order chi connectivity index (χ1) is 5.37. The van der Waals surface area contributed by atoms with E-state index in [1.165, 1.54) is 0 Å². The lowest BCUT2D eigenvalue weighted by Gasteiger charge is -2.44. The second kappa shape index (κ2) is 2.86. The van der Waals surface area contributed by atoms with Gasteiger partial charge in [-0.2, -0.15) is 0 Å². The van der Waals surface area contributed by atoms with E-state index in [2.05, 4.69) is 34.6 Å². The second-order valence-corrected chi connectivity index (χ2v) is 4.98. The Morgan fingerprint density at radius 2 is 1.75 bits per heavy atom. The van der Waals surface area contributed by atoms with Crippen molar-refractivity contribution < 1.29 is 4.79 Å². The Hall–Kier alpha value is -0.330. The zero-order chi connectivity index (χ0) is 9.52. The Kier molecular flexibility index (Phi) is 2.33. The maximum absolute atomic E-state index is 11.6. The Bertz CT molecular complexity index is 193. The van der Waals surface area contributed by atoms with Crippen LogP contribution in [-0.4, -0.2) is 5.78 Å². The quantitative estimate of drug-likeness (QED) is 0.543. The highest BCUT2D eigenvalue weighted by atomic mass is 16.1. The summed E-state index contributed by atoms with van der Waals surface area (Å²) in [5.74, 6) is 1.91. The van der Waals surface area contributed by atoms with Gasteiger partial charge in [0.15, 0.2) is 0 Å². The minimum Gasteiger partial charge on any atom is -0.299 e. The first-order valence-electron chi connectivity index (χ1n) is 4.90. The van der Waals surface area contributed by atoms with Crippen molar-refractivity contribution in [1.82, 2.24) is 0 Å². The zero-order valence-corrected chi connectivity index (χ0v) is 8.85. The maximum atomic E-state index is 11.6. The van der Waals surface area contributed by atoms with Crippen LogP contribution in [0.2, 0.25) is 0 Å². The van der Waals surface area contributed by atoms with Crippen molar-refractivity contribution in [2.75, 3.05) is 0 Å². The number of hydrogen-bond donors (Lipinski definition) is 0. The van der Waals surface area contributed by atoms with Crippen LogP contribution < -0.4 is 0 Å². The van der Waals surface area contributed by atoms with Gasteiger partial charge in [0.25, 0.3) is 0 Å². The molecule has 70 valence electrons. The van der Waals surface area contributed by atoms with Crippen LogP contribution in [0, 0.1) is 23.2 Å². The van der Waals surface area contributed by atoms with Crippen molar-refractivity contribution in [2.45, 2.75) is 41.0 Å². The van der Waals surface area contributed by atoms with Gasteiger partial charge < -0.3 is 0 Å². The maximum Gasteiger partial charge on any atom is 0.136 e. The van der Waals surface area contributed by atoms with E-state index in [-0.39, 0.29) is 11.3 Å². The molecule has 0 N–H and O–H groups in total. The topological polar surface area (TPSA) is 17.1 Å². The normalized spacial score (nSPS) is 41.4. The minimum atomic E-state index is 0.189. The fraction of sp³-hybridized carbons (Fsp3) is 0.909. The number of ketones is 1. The van der Waals surface area contributed by atoms with Gasteiger partial charge >= 0.3 is 0 Å². The molecule has 1 heteroatoms. The Balaban J connectivity index is 2.89. The van der Waals surface area contributed by atoms with Gasteiger partial charge in [0.2, 0.25) is 0 Å². The van der Waals surface area contributed by atoms with Crippen LogP contribution in [0.15, 0.2) is 0 Å². The Morgan fingerprint density at radius 1 is 1.25 bits per heavy atom. The Morgan fingerprint density at radius 3 is 2.25 bits per heavy atom. The molecule has 0 spiro atoms. The highest BCUT2D eigenvalue weighted by Gasteiger charge is 2.43. The van der Waals surface area contributed by atoms with E-state index in [0.717, 1.165) is 6.42 Å². The molecular weight excluding hydrogens is 148 g/mol. The first-order valence-corrected chi connectivity index (χ1v) is 4.90. The number of hydrogen-bond acceptors (Lipinski definition) is 1. The molecule has 1 saturated carbocycles. The summed E-state index contributed by atoms with van der Waals surface area (Å²) in [5, 5.41) is 0. The van der Waals surface area contributed by atoms with Crippen LogP contribution in [-0.2, 0) is 4.79 Å². The van der Waals surface area contributed by atoms with Gasteiger partial charge in [-0.25, -0.2) is 0 Å². The summed E-state index contributed by atoms with van der Waals surface area (Å²) in [7, 11) is 0. The van der Waals surface area contributed by atoms with Gasteiger partial charge in [-0.3, -0.25) is 4.79 Å². The van der Waals surface area contributed by atoms with Gasteiger partial charge in [-0.15, -0.1) is 0 Å². The summed E-state index contributed by atoms with van der Waals surface area (Å²) in [6.07, 6.45) is 0.783. The van der Waals surface area contributed by atoms with Crippen molar-refractivity contribution in [1.29, 1.82) is 0 Å². The first kappa shape index (κ1) is 9.76. The number of carbonyl (C=O) groups excluding carboxylic acids is 1. The summed E-state index contributed by atoms with van der Waals surface area (Å²) < 4.78 is 0. The minimum absolute atomic E-state index is 0.189. The SMILES string of the molecule is CC1C(=O)C[C@@H](C)[C@@H](C)C1(C)C. The fourth-order valence-electron chi connectivity index (χ4n) is 2.21. The van der Waals surface area contributed by atoms with E-state index in [4.69, 9.17) is 0 Å². The lowest BCUT2D eigenvalue weighted by molar-refractivity contribution is -0.133. The smallest absolute Gasteiger partial charge is 0.136 e. The van der Waals surface area contributed by atoms with Gasteiger partial charge in [0, 0.05) is 12.3 Å². The van der Waals surface area contributed by atoms with Gasteiger partial charge in [0.1, 0.15) is 5.78 Å². The molecule has 12 heavy (non-hydrogen) atoms. The third-order valence-electron chi connectivity index (χ3n) is 4.15. The lowest BCUT2D eigenvalue weighted by Crippen LogP contribution is -2.43. The van der Waals surface area contributed by atoms with Crippen molar-refractivity contribution in [3.63, 3.8) is 0 Å². The standard InChI is InChI=1S/C11H20O/c1-7-6-10(12)9(3)11(4,5)8(7)2/h7-9H,6H2,1-5H3/t7-,8-,9?/m1/s1. The second-order valence-electron chi connectivity index (χ2n) is 4.98. The average Bonchev–Trinajstić information content (AvgIpc) is 1.99. The summed E-state index contributed by atoms with van der Waals surface area (Å²) in [6, 6.07) is 0. The average molecular weight is 168 g/mol. The molecule has 0 aromatic carbocycles. The molecule has 1 unspecified atom stereocenters. The van der Waals surface area contributed by atoms with Crippen LogP contribution >= 0.6 is 0 Å². The summed E-state index contributed by atoms with van der Waals surface area (Å²) in [5.41, 5.74) is 0.189. The predicted molar refractivity (Wildman–Crippen MR) is 50.9 cm³/mol. The molecule has 0 heterocycles. The van der Waals surface area contributed by atoms with Crippen molar-refractivity contribution >= 4 is 5.78 Å². The van der Waals surface area contributed by atoms with Crippen LogP contribution in [0.5, 0.6) is 0 Å². The molecule has 0 amide bonds. The van der Waals surface area contributed by atoms with E-state index in [1.807, 2.05) is 0 Å². The van der Waals surface area contributed by atoms with E-state index < -0.39 is 0 Å². The van der Waals surface area contributed by atoms with E-state index >= 15 is 0 Å². The van der Waals surface area contributed by atoms with E-state index in [9.17, 15) is 4.79 Å². The van der Waals surface area contributed by atoms with Gasteiger partial charge in [-0.1, -0.05) is 34.6 Å². The third kappa shape index (κ3) is 1.30. The lowest BCUT2D eigenvalue weighted by atomic mass is 9.59. The van der Waals surface area contributed by atoms with E-state index in [1.54, 1.807) is 0 Å². The van der Waals surface area contributed by atoms with Crippen LogP contribution in [0.4, 0.5) is 0 Å². The predicted octanol–water partition coefficient (Wildman–Crippen LogP) is 2.89. The monoisotopic (exact) mass is 168 g/mol. The van der Waals surface area contributed by atoms with Crippen molar-refractivity contribution in [3.05, 3.63) is 0 Å². The fourth-order valence-corrected chi connectivity index (χ4v) is 2.21. The molecule has 0 aliphatic heterocycles. The molecule has 3 atom stereocenters. The third-order valence-corrected chi connectivity index (χ3v) is 4.15. The van der Waals surface area contributed by atoms with Crippen LogP contribution in [0.1, 0.15) is 41.0 Å². The highest BCUT2D eigenvalue weighted by Crippen LogP contribution is 2.45. The molecule has 1 aliphatic carbocycles. The number of Topliss-reactive ketones (excluding diaryl/α,β-unsaturated/α-hetero) is 1. The molecule has 0 radical (unpaired) electrons. The summed E-state index contributed by atoms with van der Waals surface area (Å²) in [4.78, 5) is 11.6. The molecule has 0 bridgehead atoms. The van der Waals surface area contributed by atoms with E-state index in [0.29, 0.717) is 17.6 Å². The number of rotatable bonds is 0. The summed E-state index contributed by atoms with van der Waals surface area (Å²) in [6.45, 7) is 11.0. The molecule has 1 fully saturated rings. The highest BCUT2D eigenvalue weighted by molar-refractivity contribution is 5.82.